The number of carbonyl (C=O) groups is 2. The second-order valence-corrected chi connectivity index (χ2v) is 19.2. The van der Waals surface area contributed by atoms with Gasteiger partial charge in [-0.05, 0) is 48.3 Å². The van der Waals surface area contributed by atoms with Crippen LogP contribution in [-0.4, -0.2) is 77.0 Å². The Balaban J connectivity index is 1.80. The molecule has 11 heteroatoms. The van der Waals surface area contributed by atoms with E-state index in [0.717, 1.165) is 16.6 Å². The summed E-state index contributed by atoms with van der Waals surface area (Å²) >= 11 is 0. The number of nitrogens with zero attached hydrogens (tertiary/aromatic N) is 1. The Morgan fingerprint density at radius 3 is 1.76 bits per heavy atom. The monoisotopic (exact) mass is 653 g/mol. The van der Waals surface area contributed by atoms with E-state index in [-0.39, 0.29) is 18.7 Å². The molecule has 3 aromatic carbocycles. The van der Waals surface area contributed by atoms with Gasteiger partial charge in [0.05, 0.1) is 31.0 Å². The normalized spacial score (nSPS) is 19.3. The van der Waals surface area contributed by atoms with Gasteiger partial charge < -0.3 is 13.9 Å². The second kappa shape index (κ2) is 13.5. The molecule has 0 aliphatic carbocycles. The quantitative estimate of drug-likeness (QED) is 0.185. The summed E-state index contributed by atoms with van der Waals surface area (Å²) in [6.07, 6.45) is -2.13. The van der Waals surface area contributed by atoms with E-state index in [4.69, 9.17) is 18.1 Å². The van der Waals surface area contributed by atoms with Gasteiger partial charge in [-0.2, -0.15) is 8.42 Å². The standard InChI is InChI=1S/C34H43NO8SSi/c1-33(2,3)42-32(37)35-23-29(41-31(36)25-17-11-8-12-18-25)30(43-44(7,38)39)28(35)24-40-45(34(4,5)6,26-19-13-9-14-20-26)27-21-15-10-16-22-27/h8-22,28-30H,23-24H2,1-7H3/t28-,29+,30-/m0/s1. The minimum absolute atomic E-state index is 0.105. The fraction of sp³-hybridized carbons (Fsp3) is 0.412. The lowest BCUT2D eigenvalue weighted by Gasteiger charge is -2.44. The van der Waals surface area contributed by atoms with Crippen LogP contribution in [0.1, 0.15) is 51.9 Å². The third-order valence-corrected chi connectivity index (χ3v) is 13.2. The largest absolute Gasteiger partial charge is 0.454 e. The molecule has 1 saturated heterocycles. The van der Waals surface area contributed by atoms with Crippen molar-refractivity contribution in [1.29, 1.82) is 0 Å². The molecule has 3 aromatic rings. The predicted octanol–water partition coefficient (Wildman–Crippen LogP) is 4.75. The number of benzene rings is 3. The van der Waals surface area contributed by atoms with Gasteiger partial charge in [0.25, 0.3) is 18.4 Å². The van der Waals surface area contributed by atoms with Crippen LogP contribution >= 0.6 is 0 Å². The third-order valence-electron chi connectivity index (χ3n) is 7.59. The molecule has 0 spiro atoms. The van der Waals surface area contributed by atoms with E-state index in [1.807, 2.05) is 60.7 Å². The van der Waals surface area contributed by atoms with Gasteiger partial charge in [0, 0.05) is 0 Å². The van der Waals surface area contributed by atoms with Crippen molar-refractivity contribution in [3.63, 3.8) is 0 Å². The summed E-state index contributed by atoms with van der Waals surface area (Å²) in [5, 5.41) is 1.63. The summed E-state index contributed by atoms with van der Waals surface area (Å²) in [6.45, 7) is 11.3. The van der Waals surface area contributed by atoms with Gasteiger partial charge in [0.15, 0.2) is 0 Å². The fourth-order valence-corrected chi connectivity index (χ4v) is 11.0. The Kier molecular flexibility index (Phi) is 10.3. The number of hydrogen-bond donors (Lipinski definition) is 0. The molecule has 1 amide bonds. The van der Waals surface area contributed by atoms with Crippen molar-refractivity contribution in [1.82, 2.24) is 4.90 Å². The van der Waals surface area contributed by atoms with Crippen LogP contribution < -0.4 is 10.4 Å². The Morgan fingerprint density at radius 1 is 0.822 bits per heavy atom. The molecule has 1 aliphatic heterocycles. The fourth-order valence-electron chi connectivity index (χ4n) is 5.76. The maximum Gasteiger partial charge on any atom is 0.410 e. The highest BCUT2D eigenvalue weighted by Crippen LogP contribution is 2.38. The molecule has 9 nitrogen and oxygen atoms in total. The SMILES string of the molecule is CC(C)(C)OC(=O)N1C[C@@H](OC(=O)c2ccccc2)[C@@H](OS(C)(=O)=O)[C@@H]1CO[Si](c1ccccc1)(c1ccccc1)C(C)(C)C. The molecule has 0 bridgehead atoms. The van der Waals surface area contributed by atoms with Crippen molar-refractivity contribution >= 4 is 40.9 Å². The number of carbonyl (C=O) groups excluding carboxylic acids is 2. The highest BCUT2D eigenvalue weighted by Gasteiger charge is 2.54. The van der Waals surface area contributed by atoms with Gasteiger partial charge in [-0.1, -0.05) is 99.6 Å². The van der Waals surface area contributed by atoms with Crippen LogP contribution in [0.25, 0.3) is 0 Å². The average molecular weight is 654 g/mol. The molecular formula is C34H43NO8SSi. The summed E-state index contributed by atoms with van der Waals surface area (Å²) in [6, 6.07) is 27.3. The lowest BCUT2D eigenvalue weighted by atomic mass is 10.1. The Bertz CT molecular complexity index is 1510. The summed E-state index contributed by atoms with van der Waals surface area (Å²) < 4.78 is 49.5. The second-order valence-electron chi connectivity index (χ2n) is 13.2. The van der Waals surface area contributed by atoms with Crippen molar-refractivity contribution < 1.29 is 36.1 Å². The minimum Gasteiger partial charge on any atom is -0.454 e. The summed E-state index contributed by atoms with van der Waals surface area (Å²) in [4.78, 5) is 28.2. The number of rotatable bonds is 9. The number of likely N-dealkylation sites (tertiary alicyclic amines) is 1. The number of hydrogen-bond acceptors (Lipinski definition) is 8. The zero-order chi connectivity index (χ0) is 33.0. The first-order chi connectivity index (χ1) is 21.0. The van der Waals surface area contributed by atoms with Crippen LogP contribution in [0.2, 0.25) is 5.04 Å². The van der Waals surface area contributed by atoms with Gasteiger partial charge in [0.2, 0.25) is 0 Å². The highest BCUT2D eigenvalue weighted by molar-refractivity contribution is 7.86. The first-order valence-corrected chi connectivity index (χ1v) is 18.6. The molecule has 1 fully saturated rings. The average Bonchev–Trinajstić information content (AvgIpc) is 3.28. The van der Waals surface area contributed by atoms with Crippen LogP contribution in [0.15, 0.2) is 91.0 Å². The number of esters is 1. The van der Waals surface area contributed by atoms with E-state index in [9.17, 15) is 18.0 Å². The first-order valence-electron chi connectivity index (χ1n) is 14.9. The van der Waals surface area contributed by atoms with Gasteiger partial charge in [0.1, 0.15) is 17.8 Å². The third kappa shape index (κ3) is 8.21. The Labute approximate surface area is 267 Å². The van der Waals surface area contributed by atoms with Gasteiger partial charge in [-0.15, -0.1) is 0 Å². The number of amides is 1. The molecular weight excluding hydrogens is 611 g/mol. The van der Waals surface area contributed by atoms with Crippen molar-refractivity contribution in [3.05, 3.63) is 96.6 Å². The van der Waals surface area contributed by atoms with Gasteiger partial charge in [-0.3, -0.25) is 9.08 Å². The van der Waals surface area contributed by atoms with E-state index >= 15 is 0 Å². The molecule has 0 N–H and O–H groups in total. The topological polar surface area (TPSA) is 108 Å². The number of ether oxygens (including phenoxy) is 2. The summed E-state index contributed by atoms with van der Waals surface area (Å²) in [5.41, 5.74) is -0.557. The molecule has 1 heterocycles. The maximum absolute atomic E-state index is 13.7. The zero-order valence-electron chi connectivity index (χ0n) is 26.9. The Morgan fingerprint density at radius 2 is 1.31 bits per heavy atom. The van der Waals surface area contributed by atoms with Crippen molar-refractivity contribution in [2.45, 2.75) is 70.4 Å². The Hall–Kier alpha value is -3.51. The molecule has 0 unspecified atom stereocenters. The van der Waals surface area contributed by atoms with E-state index < -0.39 is 59.4 Å². The molecule has 3 atom stereocenters. The van der Waals surface area contributed by atoms with Crippen LogP contribution in [0.5, 0.6) is 0 Å². The zero-order valence-corrected chi connectivity index (χ0v) is 28.7. The van der Waals surface area contributed by atoms with Crippen molar-refractivity contribution in [3.8, 4) is 0 Å². The van der Waals surface area contributed by atoms with Gasteiger partial charge in [-0.25, -0.2) is 9.59 Å². The molecule has 0 saturated carbocycles. The summed E-state index contributed by atoms with van der Waals surface area (Å²) in [7, 11) is -7.17. The summed E-state index contributed by atoms with van der Waals surface area (Å²) in [5.74, 6) is -0.666. The molecule has 1 aliphatic rings. The highest BCUT2D eigenvalue weighted by atomic mass is 32.2. The minimum atomic E-state index is -4.06. The van der Waals surface area contributed by atoms with Crippen LogP contribution in [-0.2, 0) is 28.2 Å². The van der Waals surface area contributed by atoms with Gasteiger partial charge >= 0.3 is 12.1 Å². The molecule has 0 radical (unpaired) electrons. The molecule has 242 valence electrons. The van der Waals surface area contributed by atoms with Crippen LogP contribution in [0.4, 0.5) is 4.79 Å². The van der Waals surface area contributed by atoms with E-state index in [2.05, 4.69) is 20.8 Å². The van der Waals surface area contributed by atoms with E-state index in [1.165, 1.54) is 4.90 Å². The van der Waals surface area contributed by atoms with Crippen LogP contribution in [0, 0.1) is 0 Å². The lowest BCUT2D eigenvalue weighted by Crippen LogP contribution is -2.67. The lowest BCUT2D eigenvalue weighted by molar-refractivity contribution is 0.000503. The smallest absolute Gasteiger partial charge is 0.410 e. The maximum atomic E-state index is 13.7. The van der Waals surface area contributed by atoms with Crippen LogP contribution in [0.3, 0.4) is 0 Å². The molecule has 45 heavy (non-hydrogen) atoms. The van der Waals surface area contributed by atoms with E-state index in [1.54, 1.807) is 51.1 Å². The van der Waals surface area contributed by atoms with Crippen molar-refractivity contribution in [2.75, 3.05) is 19.4 Å². The molecule has 4 rings (SSSR count). The van der Waals surface area contributed by atoms with E-state index in [0.29, 0.717) is 0 Å². The van der Waals surface area contributed by atoms with Crippen molar-refractivity contribution in [2.24, 2.45) is 0 Å². The first kappa shape index (κ1) is 34.4. The predicted molar refractivity (Wildman–Crippen MR) is 176 cm³/mol. The molecule has 0 aromatic heterocycles.